The summed E-state index contributed by atoms with van der Waals surface area (Å²) in [5, 5.41) is 60.1. The minimum atomic E-state index is -4.30. The Balaban J connectivity index is 0.000000148. The number of aryl methyl sites for hydroxylation is 2. The van der Waals surface area contributed by atoms with Crippen LogP contribution in [0, 0.1) is 6.92 Å². The molecule has 7 N–H and O–H groups in total. The van der Waals surface area contributed by atoms with Gasteiger partial charge in [0.15, 0.2) is 0 Å². The maximum atomic E-state index is 12.8. The second kappa shape index (κ2) is 31.0. The SMILES string of the molecule is CCc1cc(-c2cc(C3CCC(O)CC3)n3nc(N[C@@H](C)COC)ncc23)ccn1.CNC(=O)c1cc(-c2cc(C3CCC(O)CC3)n3nc(N[C@@H](C)CC(F)(F)F)ncc23)cc(C)n1.C[C@@H](CC(F)F)Nc1ncc2c(-c3cnn(C4COC4)c3)cc(C3CCC(O)CC3)n2n1. The molecule has 4 aliphatic rings. The average molecular weight is 1350 g/mol. The lowest BCUT2D eigenvalue weighted by molar-refractivity contribution is -0.136. The average Bonchev–Trinajstić information content (AvgIpc) is 1.51. The van der Waals surface area contributed by atoms with E-state index < -0.39 is 31.1 Å². The molecule has 3 saturated carbocycles. The first kappa shape index (κ1) is 70.0. The zero-order chi connectivity index (χ0) is 68.7. The molecule has 0 spiro atoms. The molecule has 4 fully saturated rings. The minimum Gasteiger partial charge on any atom is -0.393 e. The summed E-state index contributed by atoms with van der Waals surface area (Å²) in [6.07, 6.45) is 12.9. The molecule has 520 valence electrons. The summed E-state index contributed by atoms with van der Waals surface area (Å²) in [6.45, 7) is 11.0. The van der Waals surface area contributed by atoms with Gasteiger partial charge in [-0.3, -0.25) is 14.5 Å². The van der Waals surface area contributed by atoms with Crippen LogP contribution in [0.5, 0.6) is 0 Å². The van der Waals surface area contributed by atoms with Gasteiger partial charge in [-0.2, -0.15) is 18.3 Å². The Morgan fingerprint density at radius 2 is 1.11 bits per heavy atom. The molecule has 0 bridgehead atoms. The number of anilines is 3. The molecule has 3 aliphatic carbocycles. The standard InChI is InChI=1S/C24H29F3N6O2.C23H31N5O2.C22H28F2N6O2/c1-13-8-16(9-19(30-13)22(35)28-3)18-10-20(15-4-6-17(34)7-5-15)33-21(18)12-29-23(32-33)31-14(2)11-24(25,26)27;1-4-18-11-17(9-10-24-18)20-12-21(16-5-7-19(29)8-6-16)28-22(20)13-25-23(27-28)26-15(2)14-30-3;1-13(6-21(23)24)27-22-25-9-20-18(15-8-26-29(10-15)16-11-32-12-16)7-19(30(20)28-22)14-2-4-17(31)5-3-14/h8-10,12,14-15,17,34H,4-7,11H2,1-3H3,(H,28,35)(H,31,32);9-13,15-16,19,29H,4-8,14H2,1-3H3,(H,26,27);7-10,13-14,16-17,21,31H,2-6,11-12H2,1H3,(H,27,28)/t14-,15?,17?;15-,16?,19?;13-,14?,17?/m000/s1. The third-order valence-electron chi connectivity index (χ3n) is 18.7. The lowest BCUT2D eigenvalue weighted by Gasteiger charge is -2.25. The van der Waals surface area contributed by atoms with E-state index in [0.29, 0.717) is 61.7 Å². The molecule has 97 heavy (non-hydrogen) atoms. The van der Waals surface area contributed by atoms with E-state index in [9.17, 15) is 42.1 Å². The van der Waals surface area contributed by atoms with Gasteiger partial charge >= 0.3 is 6.18 Å². The quantitative estimate of drug-likeness (QED) is 0.0349. The van der Waals surface area contributed by atoms with Gasteiger partial charge in [0.2, 0.25) is 24.3 Å². The van der Waals surface area contributed by atoms with Gasteiger partial charge < -0.3 is 46.1 Å². The first-order chi connectivity index (χ1) is 46.6. The van der Waals surface area contributed by atoms with Crippen LogP contribution >= 0.6 is 0 Å². The Hall–Kier alpha value is -8.31. The number of methoxy groups -OCH3 is 1. The van der Waals surface area contributed by atoms with Crippen molar-refractivity contribution in [2.45, 2.75) is 204 Å². The van der Waals surface area contributed by atoms with Crippen molar-refractivity contribution in [2.75, 3.05) is 49.9 Å². The van der Waals surface area contributed by atoms with Gasteiger partial charge in [0, 0.05) is 120 Å². The predicted molar refractivity (Wildman–Crippen MR) is 358 cm³/mol. The number of carbonyl (C=O) groups is 1. The van der Waals surface area contributed by atoms with E-state index in [-0.39, 0.29) is 66.2 Å². The summed E-state index contributed by atoms with van der Waals surface area (Å²) in [7, 11) is 3.23. The monoisotopic (exact) mass is 1350 g/mol. The molecule has 0 aromatic carbocycles. The molecule has 3 atom stereocenters. The van der Waals surface area contributed by atoms with Gasteiger partial charge in [0.25, 0.3) is 5.91 Å². The molecule has 9 aromatic heterocycles. The molecule has 9 aromatic rings. The molecule has 0 unspecified atom stereocenters. The Kier molecular flexibility index (Phi) is 22.4. The number of rotatable bonds is 20. The highest BCUT2D eigenvalue weighted by Crippen LogP contribution is 2.42. The van der Waals surface area contributed by atoms with Crippen LogP contribution in [-0.4, -0.2) is 168 Å². The van der Waals surface area contributed by atoms with E-state index in [1.54, 1.807) is 43.9 Å². The molecule has 1 aliphatic heterocycles. The van der Waals surface area contributed by atoms with Crippen LogP contribution in [0.1, 0.15) is 180 Å². The molecular weight excluding hydrogens is 1260 g/mol. The third kappa shape index (κ3) is 17.2. The number of fused-ring (bicyclic) bond motifs is 3. The van der Waals surface area contributed by atoms with Crippen LogP contribution < -0.4 is 21.3 Å². The lowest BCUT2D eigenvalue weighted by Crippen LogP contribution is -2.30. The second-order valence-corrected chi connectivity index (χ2v) is 26.4. The summed E-state index contributed by atoms with van der Waals surface area (Å²) >= 11 is 0. The summed E-state index contributed by atoms with van der Waals surface area (Å²) < 4.78 is 81.9. The van der Waals surface area contributed by atoms with Crippen LogP contribution in [-0.2, 0) is 15.9 Å². The highest BCUT2D eigenvalue weighted by molar-refractivity contribution is 5.94. The lowest BCUT2D eigenvalue weighted by atomic mass is 9.85. The number of aliphatic hydroxyl groups is 3. The Morgan fingerprint density at radius 1 is 0.639 bits per heavy atom. The van der Waals surface area contributed by atoms with Gasteiger partial charge in [0.1, 0.15) is 5.69 Å². The topological polar surface area (TPSA) is 279 Å². The number of alkyl halides is 5. The number of amides is 1. The molecule has 1 amide bonds. The normalized spacial score (nSPS) is 20.9. The minimum absolute atomic E-state index is 0.102. The summed E-state index contributed by atoms with van der Waals surface area (Å²) in [6, 6.07) is 13.2. The second-order valence-electron chi connectivity index (χ2n) is 26.4. The van der Waals surface area contributed by atoms with Gasteiger partial charge in [-0.15, -0.1) is 15.3 Å². The van der Waals surface area contributed by atoms with Crippen LogP contribution in [0.3, 0.4) is 0 Å². The molecule has 23 nitrogen and oxygen atoms in total. The van der Waals surface area contributed by atoms with Crippen molar-refractivity contribution in [2.24, 2.45) is 0 Å². The van der Waals surface area contributed by atoms with Gasteiger partial charge in [-0.05, 0) is 165 Å². The summed E-state index contributed by atoms with van der Waals surface area (Å²) in [4.78, 5) is 34.2. The zero-order valence-corrected chi connectivity index (χ0v) is 55.9. The number of hydrogen-bond donors (Lipinski definition) is 7. The van der Waals surface area contributed by atoms with E-state index in [1.807, 2.05) is 57.6 Å². The van der Waals surface area contributed by atoms with Crippen LogP contribution in [0.2, 0.25) is 0 Å². The van der Waals surface area contributed by atoms with Crippen molar-refractivity contribution >= 4 is 40.3 Å². The van der Waals surface area contributed by atoms with E-state index in [2.05, 4.69) is 92.7 Å². The number of nitrogens with one attached hydrogen (secondary N) is 4. The Labute approximate surface area is 559 Å². The van der Waals surface area contributed by atoms with Gasteiger partial charge in [-0.25, -0.2) is 42.3 Å². The molecular formula is C69H88F5N17O6. The number of halogens is 5. The van der Waals surface area contributed by atoms with Gasteiger partial charge in [0.05, 0.1) is 91.9 Å². The molecule has 0 radical (unpaired) electrons. The highest BCUT2D eigenvalue weighted by atomic mass is 19.4. The van der Waals surface area contributed by atoms with Crippen LogP contribution in [0.15, 0.2) is 79.6 Å². The number of ether oxygens (including phenoxy) is 2. The molecule has 28 heteroatoms. The molecule has 13 rings (SSSR count). The molecule has 10 heterocycles. The molecule has 1 saturated heterocycles. The fraction of sp³-hybridized carbons (Fsp3) is 0.536. The van der Waals surface area contributed by atoms with Crippen LogP contribution in [0.25, 0.3) is 49.9 Å². The van der Waals surface area contributed by atoms with Crippen molar-refractivity contribution in [3.63, 3.8) is 0 Å². The van der Waals surface area contributed by atoms with Crippen molar-refractivity contribution in [1.82, 2.24) is 68.9 Å². The maximum absolute atomic E-state index is 12.8. The number of nitrogens with zero attached hydrogens (tertiary/aromatic N) is 13. The highest BCUT2D eigenvalue weighted by Gasteiger charge is 2.33. The first-order valence-corrected chi connectivity index (χ1v) is 33.7. The van der Waals surface area contributed by atoms with Crippen molar-refractivity contribution in [3.05, 3.63) is 114 Å². The summed E-state index contributed by atoms with van der Waals surface area (Å²) in [5.41, 5.74) is 13.5. The van der Waals surface area contributed by atoms with E-state index >= 15 is 0 Å². The van der Waals surface area contributed by atoms with Crippen molar-refractivity contribution < 1.29 is 51.5 Å². The zero-order valence-electron chi connectivity index (χ0n) is 55.9. The van der Waals surface area contributed by atoms with Crippen molar-refractivity contribution in [3.8, 4) is 33.4 Å². The number of aromatic nitrogens is 13. The number of hydrogen-bond acceptors (Lipinski definition) is 18. The maximum Gasteiger partial charge on any atom is 0.391 e. The Morgan fingerprint density at radius 3 is 1.56 bits per heavy atom. The van der Waals surface area contributed by atoms with E-state index in [0.717, 1.165) is 132 Å². The number of pyridine rings is 2. The van der Waals surface area contributed by atoms with Crippen molar-refractivity contribution in [1.29, 1.82) is 0 Å². The van der Waals surface area contributed by atoms with E-state index in [1.165, 1.54) is 19.7 Å². The third-order valence-corrected chi connectivity index (χ3v) is 18.7. The fourth-order valence-corrected chi connectivity index (χ4v) is 13.6. The predicted octanol–water partition coefficient (Wildman–Crippen LogP) is 11.7. The largest absolute Gasteiger partial charge is 0.393 e. The summed E-state index contributed by atoms with van der Waals surface area (Å²) in [5.74, 6) is 1.47. The first-order valence-electron chi connectivity index (χ1n) is 33.7. The number of aliphatic hydroxyl groups excluding tert-OH is 3. The Bertz CT molecular complexity index is 4110. The fourth-order valence-electron chi connectivity index (χ4n) is 13.6. The van der Waals surface area contributed by atoms with Gasteiger partial charge in [-0.1, -0.05) is 6.92 Å². The number of carbonyl (C=O) groups excluding carboxylic acids is 1. The smallest absolute Gasteiger partial charge is 0.391 e. The van der Waals surface area contributed by atoms with Crippen LogP contribution in [0.4, 0.5) is 39.8 Å². The van der Waals surface area contributed by atoms with E-state index in [4.69, 9.17) is 14.6 Å².